The first-order valence-electron chi connectivity index (χ1n) is 4.98. The third kappa shape index (κ3) is 2.49. The summed E-state index contributed by atoms with van der Waals surface area (Å²) >= 11 is 0. The summed E-state index contributed by atoms with van der Waals surface area (Å²) in [5.74, 6) is -2.13. The minimum atomic E-state index is -3.18. The Morgan fingerprint density at radius 1 is 1.53 bits per heavy atom. The molecule has 0 bridgehead atoms. The Balaban J connectivity index is 2.91. The highest BCUT2D eigenvalue weighted by atomic mass is 32.2. The number of sulfone groups is 1. The molecule has 1 aliphatic heterocycles. The van der Waals surface area contributed by atoms with Crippen LogP contribution in [0.4, 0.5) is 0 Å². The summed E-state index contributed by atoms with van der Waals surface area (Å²) in [6.07, 6.45) is 0.918. The van der Waals surface area contributed by atoms with Gasteiger partial charge in [0.15, 0.2) is 15.4 Å². The molecule has 5 nitrogen and oxygen atoms in total. The van der Waals surface area contributed by atoms with Gasteiger partial charge in [-0.15, -0.1) is 0 Å². The average Bonchev–Trinajstić information content (AvgIpc) is 2.14. The molecule has 1 saturated heterocycles. The summed E-state index contributed by atoms with van der Waals surface area (Å²) in [6, 6.07) is 0. The van der Waals surface area contributed by atoms with E-state index in [0.717, 1.165) is 0 Å². The maximum absolute atomic E-state index is 11.3. The Kier molecular flexibility index (Phi) is 3.40. The zero-order valence-electron chi connectivity index (χ0n) is 8.64. The molecule has 0 spiro atoms. The van der Waals surface area contributed by atoms with Crippen LogP contribution in [-0.4, -0.2) is 41.7 Å². The Labute approximate surface area is 89.0 Å². The fourth-order valence-electron chi connectivity index (χ4n) is 2.01. The van der Waals surface area contributed by atoms with Crippen LogP contribution in [0.5, 0.6) is 0 Å². The van der Waals surface area contributed by atoms with Crippen molar-refractivity contribution < 1.29 is 23.4 Å². The summed E-state index contributed by atoms with van der Waals surface area (Å²) in [7, 11) is -3.18. The molecule has 1 aliphatic rings. The van der Waals surface area contributed by atoms with E-state index in [4.69, 9.17) is 5.11 Å². The van der Waals surface area contributed by atoms with E-state index in [0.29, 0.717) is 12.8 Å². The van der Waals surface area contributed by atoms with Crippen LogP contribution in [0.2, 0.25) is 0 Å². The van der Waals surface area contributed by atoms with Gasteiger partial charge in [0.25, 0.3) is 0 Å². The molecule has 2 atom stereocenters. The molecule has 0 aliphatic carbocycles. The van der Waals surface area contributed by atoms with Crippen LogP contribution in [0.15, 0.2) is 0 Å². The van der Waals surface area contributed by atoms with E-state index >= 15 is 0 Å². The Hall–Kier alpha value is -0.620. The van der Waals surface area contributed by atoms with Crippen molar-refractivity contribution >= 4 is 15.8 Å². The lowest BCUT2D eigenvalue weighted by molar-refractivity contribution is -0.164. The van der Waals surface area contributed by atoms with E-state index in [1.807, 2.05) is 0 Å². The van der Waals surface area contributed by atoms with E-state index in [1.165, 1.54) is 0 Å². The third-order valence-electron chi connectivity index (χ3n) is 3.05. The molecule has 0 saturated carbocycles. The highest BCUT2D eigenvalue weighted by Gasteiger charge is 2.45. The second kappa shape index (κ2) is 4.09. The number of carboxylic acid groups (broad SMARTS) is 1. The average molecular weight is 236 g/mol. The lowest BCUT2D eigenvalue weighted by Crippen LogP contribution is -2.49. The molecule has 15 heavy (non-hydrogen) atoms. The van der Waals surface area contributed by atoms with Gasteiger partial charge in [-0.05, 0) is 19.3 Å². The van der Waals surface area contributed by atoms with Crippen molar-refractivity contribution in [2.75, 3.05) is 11.5 Å². The van der Waals surface area contributed by atoms with Crippen LogP contribution in [0, 0.1) is 5.92 Å². The van der Waals surface area contributed by atoms with Crippen molar-refractivity contribution in [3.05, 3.63) is 0 Å². The quantitative estimate of drug-likeness (QED) is 0.721. The Bertz CT molecular complexity index is 348. The summed E-state index contributed by atoms with van der Waals surface area (Å²) in [5, 5.41) is 18.8. The van der Waals surface area contributed by atoms with Crippen molar-refractivity contribution in [1.29, 1.82) is 0 Å². The number of carboxylic acids is 1. The highest BCUT2D eigenvalue weighted by molar-refractivity contribution is 7.91. The molecular weight excluding hydrogens is 220 g/mol. The van der Waals surface area contributed by atoms with Crippen molar-refractivity contribution in [3.8, 4) is 0 Å². The molecule has 1 rings (SSSR count). The molecule has 1 heterocycles. The number of carbonyl (C=O) groups is 1. The summed E-state index contributed by atoms with van der Waals surface area (Å²) in [5.41, 5.74) is -1.90. The second-order valence-electron chi connectivity index (χ2n) is 4.04. The van der Waals surface area contributed by atoms with Gasteiger partial charge in [-0.25, -0.2) is 13.2 Å². The highest BCUT2D eigenvalue weighted by Crippen LogP contribution is 2.31. The first-order valence-corrected chi connectivity index (χ1v) is 6.80. The molecule has 88 valence electrons. The van der Waals surface area contributed by atoms with Gasteiger partial charge in [0.1, 0.15) is 0 Å². The summed E-state index contributed by atoms with van der Waals surface area (Å²) < 4.78 is 22.7. The smallest absolute Gasteiger partial charge is 0.335 e. The Morgan fingerprint density at radius 2 is 2.13 bits per heavy atom. The number of rotatable bonds is 3. The first-order chi connectivity index (χ1) is 6.82. The van der Waals surface area contributed by atoms with Crippen LogP contribution in [0.1, 0.15) is 26.2 Å². The van der Waals surface area contributed by atoms with Gasteiger partial charge in [0, 0.05) is 5.92 Å². The van der Waals surface area contributed by atoms with Gasteiger partial charge >= 0.3 is 5.97 Å². The van der Waals surface area contributed by atoms with E-state index in [2.05, 4.69) is 0 Å². The van der Waals surface area contributed by atoms with Crippen molar-refractivity contribution in [2.45, 2.75) is 31.8 Å². The normalized spacial score (nSPS) is 29.3. The molecule has 6 heteroatoms. The first kappa shape index (κ1) is 12.4. The number of aliphatic carboxylic acids is 1. The molecule has 0 aromatic rings. The van der Waals surface area contributed by atoms with Crippen LogP contribution >= 0.6 is 0 Å². The van der Waals surface area contributed by atoms with Crippen molar-refractivity contribution in [3.63, 3.8) is 0 Å². The molecule has 2 unspecified atom stereocenters. The van der Waals surface area contributed by atoms with Gasteiger partial charge in [-0.3, -0.25) is 0 Å². The fourth-order valence-corrected chi connectivity index (χ4v) is 3.84. The van der Waals surface area contributed by atoms with E-state index in [9.17, 15) is 18.3 Å². The summed E-state index contributed by atoms with van der Waals surface area (Å²) in [6.45, 7) is 1.55. The van der Waals surface area contributed by atoms with Gasteiger partial charge < -0.3 is 10.2 Å². The lowest BCUT2D eigenvalue weighted by Gasteiger charge is -2.33. The SMILES string of the molecule is CCC(O)(C(=O)O)C1CCCS(=O)(=O)C1. The lowest BCUT2D eigenvalue weighted by atomic mass is 9.83. The monoisotopic (exact) mass is 236 g/mol. The van der Waals surface area contributed by atoms with Crippen molar-refractivity contribution in [1.82, 2.24) is 0 Å². The minimum Gasteiger partial charge on any atom is -0.479 e. The van der Waals surface area contributed by atoms with Crippen LogP contribution in [0.3, 0.4) is 0 Å². The standard InChI is InChI=1S/C9H16O5S/c1-2-9(12,8(10)11)7-4-3-5-15(13,14)6-7/h7,12H,2-6H2,1H3,(H,10,11). The predicted molar refractivity (Wildman–Crippen MR) is 54.3 cm³/mol. The summed E-state index contributed by atoms with van der Waals surface area (Å²) in [4.78, 5) is 10.9. The second-order valence-corrected chi connectivity index (χ2v) is 6.27. The maximum Gasteiger partial charge on any atom is 0.335 e. The van der Waals surface area contributed by atoms with Gasteiger partial charge in [-0.1, -0.05) is 6.92 Å². The van der Waals surface area contributed by atoms with Gasteiger partial charge in [-0.2, -0.15) is 0 Å². The fraction of sp³-hybridized carbons (Fsp3) is 0.889. The van der Waals surface area contributed by atoms with Crippen LogP contribution in [0.25, 0.3) is 0 Å². The van der Waals surface area contributed by atoms with E-state index in [1.54, 1.807) is 6.92 Å². The maximum atomic E-state index is 11.3. The topological polar surface area (TPSA) is 91.7 Å². The molecule has 0 aromatic heterocycles. The number of hydrogen-bond acceptors (Lipinski definition) is 4. The molecule has 0 aromatic carbocycles. The number of aliphatic hydroxyl groups is 1. The van der Waals surface area contributed by atoms with Gasteiger partial charge in [0.2, 0.25) is 0 Å². The van der Waals surface area contributed by atoms with E-state index < -0.39 is 27.3 Å². The minimum absolute atomic E-state index is 0.0303. The van der Waals surface area contributed by atoms with Gasteiger partial charge in [0.05, 0.1) is 11.5 Å². The molecule has 2 N–H and O–H groups in total. The predicted octanol–water partition coefficient (Wildman–Crippen LogP) is 0.0369. The van der Waals surface area contributed by atoms with E-state index in [-0.39, 0.29) is 17.9 Å². The zero-order valence-corrected chi connectivity index (χ0v) is 9.46. The van der Waals surface area contributed by atoms with Crippen molar-refractivity contribution in [2.24, 2.45) is 5.92 Å². The third-order valence-corrected chi connectivity index (χ3v) is 4.87. The largest absolute Gasteiger partial charge is 0.479 e. The molecule has 0 radical (unpaired) electrons. The number of hydrogen-bond donors (Lipinski definition) is 2. The Morgan fingerprint density at radius 3 is 2.53 bits per heavy atom. The molecular formula is C9H16O5S. The van der Waals surface area contributed by atoms with Crippen LogP contribution < -0.4 is 0 Å². The van der Waals surface area contributed by atoms with Crippen LogP contribution in [-0.2, 0) is 14.6 Å². The zero-order chi connectivity index (χ0) is 11.7. The molecule has 0 amide bonds. The molecule has 1 fully saturated rings.